The Kier molecular flexibility index (Phi) is 4.38. The van der Waals surface area contributed by atoms with Crippen molar-refractivity contribution in [2.45, 2.75) is 32.7 Å². The van der Waals surface area contributed by atoms with Crippen LogP contribution in [-0.4, -0.2) is 19.6 Å². The molecule has 0 aromatic carbocycles. The van der Waals surface area contributed by atoms with E-state index in [0.717, 1.165) is 13.1 Å². The van der Waals surface area contributed by atoms with Crippen LogP contribution in [0.2, 0.25) is 0 Å². The van der Waals surface area contributed by atoms with Crippen molar-refractivity contribution in [3.05, 3.63) is 22.4 Å². The van der Waals surface area contributed by atoms with Crippen LogP contribution in [0.1, 0.15) is 31.1 Å². The fraction of sp³-hybridized carbons (Fsp3) is 0.692. The average Bonchev–Trinajstić information content (AvgIpc) is 2.90. The normalized spacial score (nSPS) is 25.1. The van der Waals surface area contributed by atoms with Crippen molar-refractivity contribution in [2.24, 2.45) is 5.41 Å². The summed E-state index contributed by atoms with van der Waals surface area (Å²) in [6.45, 7) is 6.87. The minimum absolute atomic E-state index is 0.520. The summed E-state index contributed by atoms with van der Waals surface area (Å²) in [5, 5.41) is 9.28. The Bertz CT molecular complexity index is 289. The predicted molar refractivity (Wildman–Crippen MR) is 70.9 cm³/mol. The highest BCUT2D eigenvalue weighted by Crippen LogP contribution is 2.30. The lowest BCUT2D eigenvalue weighted by molar-refractivity contribution is 0.276. The van der Waals surface area contributed by atoms with Crippen molar-refractivity contribution in [1.82, 2.24) is 10.6 Å². The maximum atomic E-state index is 3.63. The van der Waals surface area contributed by atoms with Gasteiger partial charge in [0.05, 0.1) is 0 Å². The molecule has 1 aliphatic heterocycles. The molecule has 3 heteroatoms. The molecule has 2 nitrogen and oxygen atoms in total. The Morgan fingerprint density at radius 3 is 3.12 bits per heavy atom. The molecule has 16 heavy (non-hydrogen) atoms. The Labute approximate surface area is 102 Å². The quantitative estimate of drug-likeness (QED) is 0.796. The molecular weight excluding hydrogens is 216 g/mol. The molecule has 0 bridgehead atoms. The monoisotopic (exact) mass is 238 g/mol. The lowest BCUT2D eigenvalue weighted by atomic mass is 9.82. The molecule has 1 aromatic heterocycles. The van der Waals surface area contributed by atoms with E-state index in [9.17, 15) is 0 Å². The molecule has 2 N–H and O–H groups in total. The molecule has 2 rings (SSSR count). The molecule has 1 saturated heterocycles. The smallest absolute Gasteiger partial charge is 0.0299 e. The van der Waals surface area contributed by atoms with E-state index in [1.54, 1.807) is 0 Å². The van der Waals surface area contributed by atoms with Crippen molar-refractivity contribution < 1.29 is 0 Å². The fourth-order valence-corrected chi connectivity index (χ4v) is 3.32. The summed E-state index contributed by atoms with van der Waals surface area (Å²) in [6, 6.07) is 4.33. The lowest BCUT2D eigenvalue weighted by Crippen LogP contribution is -2.35. The van der Waals surface area contributed by atoms with Crippen LogP contribution >= 0.6 is 11.3 Å². The van der Waals surface area contributed by atoms with Crippen LogP contribution in [0.25, 0.3) is 0 Å². The Morgan fingerprint density at radius 1 is 1.56 bits per heavy atom. The van der Waals surface area contributed by atoms with Gasteiger partial charge in [0.25, 0.3) is 0 Å². The summed E-state index contributed by atoms with van der Waals surface area (Å²) in [4.78, 5) is 1.44. The topological polar surface area (TPSA) is 24.1 Å². The first kappa shape index (κ1) is 12.1. The maximum absolute atomic E-state index is 3.63. The maximum Gasteiger partial charge on any atom is 0.0299 e. The van der Waals surface area contributed by atoms with E-state index in [0.29, 0.717) is 5.41 Å². The Morgan fingerprint density at radius 2 is 2.50 bits per heavy atom. The first-order chi connectivity index (χ1) is 7.85. The van der Waals surface area contributed by atoms with Crippen LogP contribution in [0, 0.1) is 5.41 Å². The van der Waals surface area contributed by atoms with Crippen LogP contribution in [0.15, 0.2) is 17.5 Å². The zero-order valence-electron chi connectivity index (χ0n) is 10.1. The van der Waals surface area contributed by atoms with Crippen LogP contribution in [0.4, 0.5) is 0 Å². The SMILES string of the molecule is CCCC1(CNCc2cccs2)CCNC1. The first-order valence-electron chi connectivity index (χ1n) is 6.28. The van der Waals surface area contributed by atoms with Crippen molar-refractivity contribution in [2.75, 3.05) is 19.6 Å². The van der Waals surface area contributed by atoms with Gasteiger partial charge >= 0.3 is 0 Å². The third kappa shape index (κ3) is 3.06. The molecule has 90 valence electrons. The van der Waals surface area contributed by atoms with Crippen molar-refractivity contribution in [3.8, 4) is 0 Å². The van der Waals surface area contributed by atoms with E-state index in [1.807, 2.05) is 11.3 Å². The molecule has 1 fully saturated rings. The number of hydrogen-bond acceptors (Lipinski definition) is 3. The number of rotatable bonds is 6. The third-order valence-electron chi connectivity index (χ3n) is 3.49. The van der Waals surface area contributed by atoms with Crippen molar-refractivity contribution in [1.29, 1.82) is 0 Å². The molecule has 2 heterocycles. The van der Waals surface area contributed by atoms with Gasteiger partial charge < -0.3 is 10.6 Å². The Balaban J connectivity index is 1.78. The van der Waals surface area contributed by atoms with Gasteiger partial charge in [-0.15, -0.1) is 11.3 Å². The number of thiophene rings is 1. The van der Waals surface area contributed by atoms with Gasteiger partial charge in [0.15, 0.2) is 0 Å². The summed E-state index contributed by atoms with van der Waals surface area (Å²) < 4.78 is 0. The Hall–Kier alpha value is -0.380. The third-order valence-corrected chi connectivity index (χ3v) is 4.37. The molecule has 0 saturated carbocycles. The molecule has 0 spiro atoms. The zero-order chi connectivity index (χ0) is 11.3. The lowest BCUT2D eigenvalue weighted by Gasteiger charge is -2.28. The molecule has 1 aromatic rings. The van der Waals surface area contributed by atoms with Gasteiger partial charge in [-0.05, 0) is 36.2 Å². The highest BCUT2D eigenvalue weighted by atomic mass is 32.1. The summed E-state index contributed by atoms with van der Waals surface area (Å²) in [7, 11) is 0. The second kappa shape index (κ2) is 5.80. The molecule has 1 unspecified atom stereocenters. The van der Waals surface area contributed by atoms with Gasteiger partial charge in [-0.25, -0.2) is 0 Å². The number of nitrogens with one attached hydrogen (secondary N) is 2. The van der Waals surface area contributed by atoms with Crippen molar-refractivity contribution >= 4 is 11.3 Å². The van der Waals surface area contributed by atoms with Crippen LogP contribution in [0.5, 0.6) is 0 Å². The van der Waals surface area contributed by atoms with Gasteiger partial charge in [0.2, 0.25) is 0 Å². The van der Waals surface area contributed by atoms with E-state index >= 15 is 0 Å². The minimum Gasteiger partial charge on any atom is -0.316 e. The fourth-order valence-electron chi connectivity index (χ4n) is 2.64. The zero-order valence-corrected chi connectivity index (χ0v) is 10.9. The van der Waals surface area contributed by atoms with Crippen molar-refractivity contribution in [3.63, 3.8) is 0 Å². The molecule has 0 aliphatic carbocycles. The second-order valence-electron chi connectivity index (χ2n) is 4.86. The average molecular weight is 238 g/mol. The molecular formula is C13H22N2S. The van der Waals surface area contributed by atoms with Gasteiger partial charge in [0, 0.05) is 24.5 Å². The van der Waals surface area contributed by atoms with E-state index in [2.05, 4.69) is 35.1 Å². The summed E-state index contributed by atoms with van der Waals surface area (Å²) >= 11 is 1.84. The minimum atomic E-state index is 0.520. The van der Waals surface area contributed by atoms with Gasteiger partial charge in [0.1, 0.15) is 0 Å². The first-order valence-corrected chi connectivity index (χ1v) is 7.16. The standard InChI is InChI=1S/C13H22N2S/c1-2-5-13(6-7-14-10-13)11-15-9-12-4-3-8-16-12/h3-4,8,14-15H,2,5-7,9-11H2,1H3. The van der Waals surface area contributed by atoms with E-state index in [4.69, 9.17) is 0 Å². The molecule has 0 radical (unpaired) electrons. The van der Waals surface area contributed by atoms with Gasteiger partial charge in [-0.3, -0.25) is 0 Å². The van der Waals surface area contributed by atoms with E-state index in [-0.39, 0.29) is 0 Å². The number of hydrogen-bond donors (Lipinski definition) is 2. The molecule has 1 aliphatic rings. The van der Waals surface area contributed by atoms with E-state index < -0.39 is 0 Å². The predicted octanol–water partition coefficient (Wildman–Crippen LogP) is 2.62. The summed E-state index contributed by atoms with van der Waals surface area (Å²) in [5.41, 5.74) is 0.520. The summed E-state index contributed by atoms with van der Waals surface area (Å²) in [5.74, 6) is 0. The van der Waals surface area contributed by atoms with Crippen LogP contribution in [-0.2, 0) is 6.54 Å². The molecule has 1 atom stereocenters. The summed E-state index contributed by atoms with van der Waals surface area (Å²) in [6.07, 6.45) is 3.97. The van der Waals surface area contributed by atoms with Gasteiger partial charge in [-0.2, -0.15) is 0 Å². The highest BCUT2D eigenvalue weighted by Gasteiger charge is 2.32. The van der Waals surface area contributed by atoms with Gasteiger partial charge in [-0.1, -0.05) is 19.4 Å². The highest BCUT2D eigenvalue weighted by molar-refractivity contribution is 7.09. The van der Waals surface area contributed by atoms with E-state index in [1.165, 1.54) is 37.2 Å². The molecule has 0 amide bonds. The van der Waals surface area contributed by atoms with Crippen LogP contribution < -0.4 is 10.6 Å². The largest absolute Gasteiger partial charge is 0.316 e. The van der Waals surface area contributed by atoms with Crippen LogP contribution in [0.3, 0.4) is 0 Å². The second-order valence-corrected chi connectivity index (χ2v) is 5.89.